The summed E-state index contributed by atoms with van der Waals surface area (Å²) in [5, 5.41) is 7.69. The Morgan fingerprint density at radius 2 is 1.79 bits per heavy atom. The number of aromatic nitrogens is 2. The second kappa shape index (κ2) is 7.23. The van der Waals surface area contributed by atoms with Crippen LogP contribution in [0.4, 0.5) is 0 Å². The summed E-state index contributed by atoms with van der Waals surface area (Å²) in [5.74, 6) is -1.04. The Labute approximate surface area is 164 Å². The number of nitrogens with zero attached hydrogens (tertiary/aromatic N) is 1. The van der Waals surface area contributed by atoms with E-state index in [2.05, 4.69) is 21.0 Å². The van der Waals surface area contributed by atoms with Crippen LogP contribution in [0.1, 0.15) is 27.2 Å². The number of aromatic amines is 1. The van der Waals surface area contributed by atoms with Crippen molar-refractivity contribution in [1.29, 1.82) is 0 Å². The summed E-state index contributed by atoms with van der Waals surface area (Å²) in [6.07, 6.45) is 1.59. The Kier molecular flexibility index (Phi) is 4.59. The highest BCUT2D eigenvalue weighted by molar-refractivity contribution is 6.05. The minimum atomic E-state index is -0.630. The van der Waals surface area contributed by atoms with Crippen molar-refractivity contribution in [3.05, 3.63) is 75.4 Å². The number of benzene rings is 2. The van der Waals surface area contributed by atoms with Crippen LogP contribution in [0, 0.1) is 13.8 Å². The van der Waals surface area contributed by atoms with Crippen LogP contribution in [0.3, 0.4) is 0 Å². The van der Waals surface area contributed by atoms with Crippen molar-refractivity contribution in [2.45, 2.75) is 20.3 Å². The summed E-state index contributed by atoms with van der Waals surface area (Å²) >= 11 is 0. The quantitative estimate of drug-likeness (QED) is 0.464. The Hall–Kier alpha value is -3.94. The molecule has 0 saturated heterocycles. The number of fused-ring (bicyclic) bond motifs is 2. The van der Waals surface area contributed by atoms with Gasteiger partial charge in [0, 0.05) is 16.3 Å². The average molecular weight is 390 g/mol. The van der Waals surface area contributed by atoms with Gasteiger partial charge in [-0.2, -0.15) is 5.10 Å². The summed E-state index contributed by atoms with van der Waals surface area (Å²) < 4.78 is 5.60. The van der Waals surface area contributed by atoms with Gasteiger partial charge in [0.1, 0.15) is 5.58 Å². The number of rotatable bonds is 3. The van der Waals surface area contributed by atoms with E-state index in [9.17, 15) is 14.4 Å². The molecule has 4 aromatic rings. The number of hydrogen-bond donors (Lipinski definition) is 3. The molecule has 3 N–H and O–H groups in total. The van der Waals surface area contributed by atoms with Crippen LogP contribution >= 0.6 is 0 Å². The van der Waals surface area contributed by atoms with Gasteiger partial charge in [-0.05, 0) is 31.0 Å². The zero-order valence-corrected chi connectivity index (χ0v) is 15.8. The zero-order chi connectivity index (χ0) is 20.5. The number of H-pyrrole nitrogens is 1. The predicted molar refractivity (Wildman–Crippen MR) is 107 cm³/mol. The van der Waals surface area contributed by atoms with Crippen LogP contribution < -0.4 is 16.4 Å². The normalized spacial score (nSPS) is 11.0. The maximum Gasteiger partial charge on any atom is 0.290 e. The van der Waals surface area contributed by atoms with Crippen LogP contribution in [0.5, 0.6) is 0 Å². The van der Waals surface area contributed by atoms with Crippen molar-refractivity contribution in [3.63, 3.8) is 0 Å². The van der Waals surface area contributed by atoms with Gasteiger partial charge < -0.3 is 4.42 Å². The van der Waals surface area contributed by atoms with Gasteiger partial charge in [0.05, 0.1) is 18.1 Å². The summed E-state index contributed by atoms with van der Waals surface area (Å²) in [6, 6.07) is 10.5. The lowest BCUT2D eigenvalue weighted by Gasteiger charge is -2.08. The minimum absolute atomic E-state index is 0.0142. The summed E-state index contributed by atoms with van der Waals surface area (Å²) in [6.45, 7) is 3.96. The van der Waals surface area contributed by atoms with E-state index < -0.39 is 17.4 Å². The summed E-state index contributed by atoms with van der Waals surface area (Å²) in [4.78, 5) is 36.6. The molecular weight excluding hydrogens is 372 g/mol. The molecule has 0 aliphatic rings. The van der Waals surface area contributed by atoms with E-state index >= 15 is 0 Å². The van der Waals surface area contributed by atoms with Crippen LogP contribution in [0.2, 0.25) is 0 Å². The molecule has 0 aliphatic carbocycles. The molecule has 8 nitrogen and oxygen atoms in total. The molecule has 0 fully saturated rings. The molecule has 2 aromatic heterocycles. The van der Waals surface area contributed by atoms with Crippen molar-refractivity contribution in [1.82, 2.24) is 21.0 Å². The van der Waals surface area contributed by atoms with Crippen LogP contribution in [-0.2, 0) is 11.2 Å². The SMILES string of the molecule is Cc1ccc2c(CC(=O)NNC(=O)c3n[nH]c(=O)c4ccccc34)coc2c1C. The van der Waals surface area contributed by atoms with Gasteiger partial charge in [-0.25, -0.2) is 5.10 Å². The van der Waals surface area contributed by atoms with Crippen molar-refractivity contribution >= 4 is 33.6 Å². The Balaban J connectivity index is 1.48. The lowest BCUT2D eigenvalue weighted by atomic mass is 10.0. The Bertz CT molecular complexity index is 1320. The first kappa shape index (κ1) is 18.4. The van der Waals surface area contributed by atoms with E-state index in [1.54, 1.807) is 30.5 Å². The molecule has 0 aliphatic heterocycles. The van der Waals surface area contributed by atoms with E-state index in [0.29, 0.717) is 10.8 Å². The van der Waals surface area contributed by atoms with E-state index in [1.807, 2.05) is 26.0 Å². The van der Waals surface area contributed by atoms with Crippen molar-refractivity contribution in [2.24, 2.45) is 0 Å². The van der Waals surface area contributed by atoms with Crippen molar-refractivity contribution in [3.8, 4) is 0 Å². The molecule has 29 heavy (non-hydrogen) atoms. The third-order valence-corrected chi connectivity index (χ3v) is 4.92. The number of hydrazine groups is 1. The molecule has 0 saturated carbocycles. The van der Waals surface area contributed by atoms with Gasteiger partial charge in [0.2, 0.25) is 5.91 Å². The van der Waals surface area contributed by atoms with Crippen LogP contribution in [0.25, 0.3) is 21.7 Å². The number of amides is 2. The van der Waals surface area contributed by atoms with Gasteiger partial charge >= 0.3 is 0 Å². The molecule has 0 radical (unpaired) electrons. The number of nitrogens with one attached hydrogen (secondary N) is 3. The molecule has 2 amide bonds. The third kappa shape index (κ3) is 3.36. The number of carbonyl (C=O) groups excluding carboxylic acids is 2. The zero-order valence-electron chi connectivity index (χ0n) is 15.8. The fourth-order valence-electron chi connectivity index (χ4n) is 3.22. The first-order chi connectivity index (χ1) is 14.0. The molecule has 146 valence electrons. The maximum absolute atomic E-state index is 12.4. The van der Waals surface area contributed by atoms with Crippen molar-refractivity contribution in [2.75, 3.05) is 0 Å². The number of aryl methyl sites for hydroxylation is 2. The number of hydrogen-bond acceptors (Lipinski definition) is 5. The molecular formula is C21H18N4O4. The lowest BCUT2D eigenvalue weighted by molar-refractivity contribution is -0.121. The van der Waals surface area contributed by atoms with E-state index in [4.69, 9.17) is 4.42 Å². The fourth-order valence-corrected chi connectivity index (χ4v) is 3.22. The molecule has 8 heteroatoms. The topological polar surface area (TPSA) is 117 Å². The van der Waals surface area contributed by atoms with E-state index in [0.717, 1.165) is 27.7 Å². The molecule has 4 rings (SSSR count). The number of carbonyl (C=O) groups is 2. The van der Waals surface area contributed by atoms with Gasteiger partial charge in [0.25, 0.3) is 11.5 Å². The first-order valence-corrected chi connectivity index (χ1v) is 8.98. The van der Waals surface area contributed by atoms with Crippen LogP contribution in [-0.4, -0.2) is 22.0 Å². The van der Waals surface area contributed by atoms with Crippen molar-refractivity contribution < 1.29 is 14.0 Å². The molecule has 2 aromatic carbocycles. The van der Waals surface area contributed by atoms with E-state index in [1.165, 1.54) is 0 Å². The fraction of sp³-hybridized carbons (Fsp3) is 0.143. The molecule has 2 heterocycles. The minimum Gasteiger partial charge on any atom is -0.464 e. The lowest BCUT2D eigenvalue weighted by Crippen LogP contribution is -2.43. The average Bonchev–Trinajstić information content (AvgIpc) is 3.13. The smallest absolute Gasteiger partial charge is 0.290 e. The Morgan fingerprint density at radius 1 is 1.03 bits per heavy atom. The number of furan rings is 1. The second-order valence-corrected chi connectivity index (χ2v) is 6.77. The van der Waals surface area contributed by atoms with E-state index in [-0.39, 0.29) is 12.1 Å². The summed E-state index contributed by atoms with van der Waals surface area (Å²) in [5.41, 5.74) is 7.95. The largest absolute Gasteiger partial charge is 0.464 e. The second-order valence-electron chi connectivity index (χ2n) is 6.77. The van der Waals surface area contributed by atoms with Gasteiger partial charge in [0.15, 0.2) is 5.69 Å². The maximum atomic E-state index is 12.4. The highest BCUT2D eigenvalue weighted by Gasteiger charge is 2.16. The van der Waals surface area contributed by atoms with Crippen LogP contribution in [0.15, 0.2) is 51.9 Å². The molecule has 0 atom stereocenters. The van der Waals surface area contributed by atoms with Gasteiger partial charge in [-0.3, -0.25) is 25.2 Å². The highest BCUT2D eigenvalue weighted by Crippen LogP contribution is 2.26. The monoisotopic (exact) mass is 390 g/mol. The Morgan fingerprint density at radius 3 is 2.59 bits per heavy atom. The highest BCUT2D eigenvalue weighted by atomic mass is 16.3. The molecule has 0 bridgehead atoms. The summed E-state index contributed by atoms with van der Waals surface area (Å²) in [7, 11) is 0. The molecule has 0 spiro atoms. The third-order valence-electron chi connectivity index (χ3n) is 4.92. The first-order valence-electron chi connectivity index (χ1n) is 8.98. The van der Waals surface area contributed by atoms with Gasteiger partial charge in [-0.15, -0.1) is 0 Å². The van der Waals surface area contributed by atoms with Gasteiger partial charge in [-0.1, -0.05) is 30.3 Å². The predicted octanol–water partition coefficient (Wildman–Crippen LogP) is 2.29. The standard InChI is InChI=1S/C21H18N4O4/c1-11-7-8-14-13(10-29-19(14)12(11)2)9-17(26)22-25-21(28)18-15-5-3-4-6-16(15)20(27)24-23-18/h3-8,10H,9H2,1-2H3,(H,22,26)(H,24,27)(H,25,28). The molecule has 0 unspecified atom stereocenters.